The molecule has 0 aliphatic carbocycles. The van der Waals surface area contributed by atoms with Gasteiger partial charge < -0.3 is 5.32 Å². The monoisotopic (exact) mass is 306 g/mol. The van der Waals surface area contributed by atoms with E-state index in [0.717, 1.165) is 11.2 Å². The van der Waals surface area contributed by atoms with Gasteiger partial charge in [0.25, 0.3) is 0 Å². The second-order valence-corrected chi connectivity index (χ2v) is 5.31. The average molecular weight is 307 g/mol. The minimum Gasteiger partial charge on any atom is -0.346 e. The van der Waals surface area contributed by atoms with Crippen LogP contribution in [0.5, 0.6) is 0 Å². The molecular formula is C14H12Cl2N4. The summed E-state index contributed by atoms with van der Waals surface area (Å²) in [6.07, 6.45) is 1.85. The Morgan fingerprint density at radius 3 is 2.80 bits per heavy atom. The quantitative estimate of drug-likeness (QED) is 0.788. The van der Waals surface area contributed by atoms with Gasteiger partial charge in [0, 0.05) is 16.2 Å². The van der Waals surface area contributed by atoms with Crippen molar-refractivity contribution in [1.82, 2.24) is 14.6 Å². The van der Waals surface area contributed by atoms with Crippen molar-refractivity contribution in [3.05, 3.63) is 58.2 Å². The number of anilines is 1. The molecule has 20 heavy (non-hydrogen) atoms. The third-order valence-electron chi connectivity index (χ3n) is 3.02. The molecule has 1 N–H and O–H groups in total. The number of rotatable bonds is 3. The van der Waals surface area contributed by atoms with Crippen molar-refractivity contribution < 1.29 is 0 Å². The summed E-state index contributed by atoms with van der Waals surface area (Å²) < 4.78 is 1.72. The zero-order valence-corrected chi connectivity index (χ0v) is 12.2. The lowest BCUT2D eigenvalue weighted by Crippen LogP contribution is -2.08. The highest BCUT2D eigenvalue weighted by atomic mass is 35.5. The summed E-state index contributed by atoms with van der Waals surface area (Å²) in [5, 5.41) is 8.84. The Hall–Kier alpha value is -1.78. The van der Waals surface area contributed by atoms with Crippen molar-refractivity contribution >= 4 is 34.8 Å². The Morgan fingerprint density at radius 2 is 2.05 bits per heavy atom. The van der Waals surface area contributed by atoms with Crippen LogP contribution < -0.4 is 5.32 Å². The van der Waals surface area contributed by atoms with Gasteiger partial charge in [0.1, 0.15) is 0 Å². The van der Waals surface area contributed by atoms with Crippen molar-refractivity contribution in [1.29, 1.82) is 0 Å². The van der Waals surface area contributed by atoms with Gasteiger partial charge in [-0.05, 0) is 36.8 Å². The minimum absolute atomic E-state index is 0.0165. The van der Waals surface area contributed by atoms with Gasteiger partial charge in [-0.2, -0.15) is 4.98 Å². The fourth-order valence-electron chi connectivity index (χ4n) is 2.02. The van der Waals surface area contributed by atoms with E-state index in [1.165, 1.54) is 0 Å². The fraction of sp³-hybridized carbons (Fsp3) is 0.143. The van der Waals surface area contributed by atoms with Gasteiger partial charge in [-0.3, -0.25) is 0 Å². The molecule has 102 valence electrons. The predicted octanol–water partition coefficient (Wildman–Crippen LogP) is 4.21. The first kappa shape index (κ1) is 13.2. The van der Waals surface area contributed by atoms with Crippen LogP contribution in [0.1, 0.15) is 18.5 Å². The second kappa shape index (κ2) is 5.31. The van der Waals surface area contributed by atoms with Crippen LogP contribution in [0.3, 0.4) is 0 Å². The number of hydrogen-bond acceptors (Lipinski definition) is 3. The van der Waals surface area contributed by atoms with Gasteiger partial charge in [-0.25, -0.2) is 4.52 Å². The normalized spacial score (nSPS) is 12.6. The molecule has 0 amide bonds. The maximum Gasteiger partial charge on any atom is 0.243 e. The molecule has 3 aromatic rings. The molecule has 0 spiro atoms. The summed E-state index contributed by atoms with van der Waals surface area (Å²) >= 11 is 12.1. The summed E-state index contributed by atoms with van der Waals surface area (Å²) in [7, 11) is 0. The van der Waals surface area contributed by atoms with Crippen LogP contribution in [0.25, 0.3) is 5.65 Å². The number of hydrogen-bond donors (Lipinski definition) is 1. The summed E-state index contributed by atoms with van der Waals surface area (Å²) in [5.41, 5.74) is 1.75. The van der Waals surface area contributed by atoms with Crippen LogP contribution in [0.2, 0.25) is 10.0 Å². The second-order valence-electron chi connectivity index (χ2n) is 4.47. The van der Waals surface area contributed by atoms with Crippen molar-refractivity contribution in [2.75, 3.05) is 5.32 Å². The number of pyridine rings is 1. The number of nitrogens with one attached hydrogen (secondary N) is 1. The third-order valence-corrected chi connectivity index (χ3v) is 3.58. The van der Waals surface area contributed by atoms with E-state index in [0.29, 0.717) is 16.0 Å². The van der Waals surface area contributed by atoms with Crippen LogP contribution in [0.15, 0.2) is 42.6 Å². The van der Waals surface area contributed by atoms with E-state index >= 15 is 0 Å². The van der Waals surface area contributed by atoms with Crippen molar-refractivity contribution in [3.63, 3.8) is 0 Å². The van der Waals surface area contributed by atoms with Crippen LogP contribution in [-0.4, -0.2) is 14.6 Å². The molecule has 0 fully saturated rings. The number of nitrogens with zero attached hydrogens (tertiary/aromatic N) is 3. The largest absolute Gasteiger partial charge is 0.346 e. The molecule has 1 unspecified atom stereocenters. The average Bonchev–Trinajstić information content (AvgIpc) is 2.80. The van der Waals surface area contributed by atoms with Gasteiger partial charge in [0.05, 0.1) is 6.04 Å². The van der Waals surface area contributed by atoms with Crippen LogP contribution in [0, 0.1) is 0 Å². The zero-order valence-electron chi connectivity index (χ0n) is 10.7. The molecule has 4 nitrogen and oxygen atoms in total. The molecule has 0 aliphatic rings. The molecular weight excluding hydrogens is 295 g/mol. The number of halogens is 2. The van der Waals surface area contributed by atoms with Gasteiger partial charge in [-0.1, -0.05) is 35.3 Å². The highest BCUT2D eigenvalue weighted by Gasteiger charge is 2.12. The number of benzene rings is 1. The molecule has 1 aromatic carbocycles. The third kappa shape index (κ3) is 2.57. The van der Waals surface area contributed by atoms with Gasteiger partial charge in [0.15, 0.2) is 5.65 Å². The zero-order chi connectivity index (χ0) is 14.1. The van der Waals surface area contributed by atoms with E-state index < -0.39 is 0 Å². The molecule has 0 aliphatic heterocycles. The molecule has 0 radical (unpaired) electrons. The fourth-order valence-corrected chi connectivity index (χ4v) is 2.59. The Labute approximate surface area is 126 Å². The Morgan fingerprint density at radius 1 is 1.20 bits per heavy atom. The highest BCUT2D eigenvalue weighted by molar-refractivity contribution is 6.35. The van der Waals surface area contributed by atoms with E-state index in [1.807, 2.05) is 43.5 Å². The van der Waals surface area contributed by atoms with E-state index in [-0.39, 0.29) is 6.04 Å². The lowest BCUT2D eigenvalue weighted by Gasteiger charge is -2.14. The molecule has 0 bridgehead atoms. The Balaban J connectivity index is 1.86. The topological polar surface area (TPSA) is 42.2 Å². The van der Waals surface area contributed by atoms with Gasteiger partial charge in [-0.15, -0.1) is 5.10 Å². The summed E-state index contributed by atoms with van der Waals surface area (Å²) in [6, 6.07) is 11.2. The van der Waals surface area contributed by atoms with Crippen LogP contribution in [-0.2, 0) is 0 Å². The summed E-state index contributed by atoms with van der Waals surface area (Å²) in [6.45, 7) is 2.00. The Bertz CT molecular complexity index is 721. The van der Waals surface area contributed by atoms with Crippen LogP contribution in [0.4, 0.5) is 5.95 Å². The molecule has 6 heteroatoms. The summed E-state index contributed by atoms with van der Waals surface area (Å²) in [5.74, 6) is 0.565. The van der Waals surface area contributed by atoms with E-state index in [1.54, 1.807) is 10.6 Å². The first-order chi connectivity index (χ1) is 9.63. The van der Waals surface area contributed by atoms with Gasteiger partial charge >= 0.3 is 0 Å². The molecule has 2 aromatic heterocycles. The first-order valence-electron chi connectivity index (χ1n) is 6.16. The molecule has 0 saturated heterocycles. The lowest BCUT2D eigenvalue weighted by molar-refractivity contribution is 0.853. The summed E-state index contributed by atoms with van der Waals surface area (Å²) in [4.78, 5) is 4.40. The van der Waals surface area contributed by atoms with Gasteiger partial charge in [0.2, 0.25) is 5.95 Å². The van der Waals surface area contributed by atoms with E-state index in [2.05, 4.69) is 15.4 Å². The maximum absolute atomic E-state index is 6.20. The minimum atomic E-state index is -0.0165. The maximum atomic E-state index is 6.20. The molecule has 0 saturated carbocycles. The van der Waals surface area contributed by atoms with Crippen molar-refractivity contribution in [2.24, 2.45) is 0 Å². The molecule has 1 atom stereocenters. The SMILES string of the molecule is CC(Nc1nc2ccccn2n1)c1ccc(Cl)cc1Cl. The lowest BCUT2D eigenvalue weighted by atomic mass is 10.1. The van der Waals surface area contributed by atoms with E-state index in [4.69, 9.17) is 23.2 Å². The number of fused-ring (bicyclic) bond motifs is 1. The smallest absolute Gasteiger partial charge is 0.243 e. The molecule has 2 heterocycles. The Kier molecular flexibility index (Phi) is 3.51. The highest BCUT2D eigenvalue weighted by Crippen LogP contribution is 2.27. The van der Waals surface area contributed by atoms with Crippen molar-refractivity contribution in [2.45, 2.75) is 13.0 Å². The van der Waals surface area contributed by atoms with E-state index in [9.17, 15) is 0 Å². The first-order valence-corrected chi connectivity index (χ1v) is 6.92. The van der Waals surface area contributed by atoms with Crippen LogP contribution >= 0.6 is 23.2 Å². The predicted molar refractivity (Wildman–Crippen MR) is 81.5 cm³/mol. The van der Waals surface area contributed by atoms with Crippen molar-refractivity contribution in [3.8, 4) is 0 Å². The number of aromatic nitrogens is 3. The standard InChI is InChI=1S/C14H12Cl2N4/c1-9(11-6-5-10(15)8-12(11)16)17-14-18-13-4-2-3-7-20(13)19-14/h2-9H,1H3,(H,17,19). The molecule has 3 rings (SSSR count).